The van der Waals surface area contributed by atoms with Crippen molar-refractivity contribution in [3.05, 3.63) is 204 Å². The Morgan fingerprint density at radius 2 is 0.761 bits per heavy atom. The maximum Gasteiger partial charge on any atom is 0.0579 e. The molecule has 9 aromatic rings. The number of para-hydroxylation sites is 2. The fraction of sp³-hybridized carbons (Fsp3) is 0.238. The highest BCUT2D eigenvalue weighted by atomic mass is 28.4. The van der Waals surface area contributed by atoms with Crippen LogP contribution >= 0.6 is 0 Å². The monoisotopic (exact) mass is 906 g/mol. The van der Waals surface area contributed by atoms with Gasteiger partial charge in [0.15, 0.2) is 0 Å². The fourth-order valence-corrected chi connectivity index (χ4v) is 25.1. The normalized spacial score (nSPS) is 13.8. The highest BCUT2D eigenvalue weighted by Gasteiger charge is 2.60. The summed E-state index contributed by atoms with van der Waals surface area (Å²) in [5.74, 6) is 0. The van der Waals surface area contributed by atoms with E-state index < -0.39 is 16.1 Å². The first-order chi connectivity index (χ1) is 31.8. The molecule has 0 N–H and O–H groups in total. The second-order valence-corrected chi connectivity index (χ2v) is 34.1. The average Bonchev–Trinajstić information content (AvgIpc) is 3.64. The topological polar surface area (TPSA) is 6.48 Å². The lowest BCUT2D eigenvalue weighted by molar-refractivity contribution is 0.590. The maximum atomic E-state index is 2.66. The number of anilines is 6. The summed E-state index contributed by atoms with van der Waals surface area (Å²) in [5, 5.41) is 8.08. The lowest BCUT2D eigenvalue weighted by Gasteiger charge is -2.52. The second-order valence-electron chi connectivity index (χ2n) is 23.1. The first-order valence-electron chi connectivity index (χ1n) is 24.3. The fourth-order valence-electron chi connectivity index (χ4n) is 12.1. The molecule has 0 aromatic heterocycles. The summed E-state index contributed by atoms with van der Waals surface area (Å²) < 4.78 is -0.0979. The molecule has 10 rings (SSSR count). The summed E-state index contributed by atoms with van der Waals surface area (Å²) in [6.07, 6.45) is 0. The molecule has 9 aromatic carbocycles. The summed E-state index contributed by atoms with van der Waals surface area (Å²) in [5.41, 5.74) is 15.8. The Balaban J connectivity index is 1.22. The van der Waals surface area contributed by atoms with Crippen molar-refractivity contribution >= 4 is 82.6 Å². The molecule has 0 heterocycles. The molecule has 0 saturated heterocycles. The quantitative estimate of drug-likeness (QED) is 0.111. The summed E-state index contributed by atoms with van der Waals surface area (Å²) in [6, 6.07) is 69.1. The molecule has 4 heteroatoms. The van der Waals surface area contributed by atoms with E-state index in [9.17, 15) is 0 Å². The zero-order valence-corrected chi connectivity index (χ0v) is 43.7. The molecule has 0 saturated carbocycles. The molecule has 0 fully saturated rings. The third-order valence-electron chi connectivity index (χ3n) is 14.8. The van der Waals surface area contributed by atoms with E-state index in [0.29, 0.717) is 0 Å². The predicted octanol–water partition coefficient (Wildman–Crippen LogP) is 18.7. The standard InChI is InChI=1S/C63H66N2Si2/c1-61(2,3)44-28-32-48(33-29-44)64(46-21-15-13-16-22-46)50-36-39-52-43(41-50)27-38-56-58-54-26-20-19-25-53(54)57-42-51(37-40-55(57)60(58)63(59(52)56,66(7,8)9)67(10,11)12)65(47-23-17-14-18-24-47)49-34-30-45(31-35-49)62(4,5)6/h13-42H,1-12H3. The van der Waals surface area contributed by atoms with Gasteiger partial charge in [0.05, 0.1) is 16.1 Å². The Morgan fingerprint density at radius 1 is 0.343 bits per heavy atom. The van der Waals surface area contributed by atoms with Gasteiger partial charge in [-0.3, -0.25) is 0 Å². The SMILES string of the molecule is CC(C)(C)c1ccc(N(c2ccccc2)c2ccc3c4c(ccc3c2)-c2c(c3ccc(N(c5ccccc5)c5ccc(C(C)(C)C)cc5)cc3c3ccccc23)C4([Si](C)(C)C)[Si](C)(C)C)cc1. The smallest absolute Gasteiger partial charge is 0.0579 e. The summed E-state index contributed by atoms with van der Waals surface area (Å²) >= 11 is 0. The van der Waals surface area contributed by atoms with Gasteiger partial charge >= 0.3 is 0 Å². The van der Waals surface area contributed by atoms with Crippen LogP contribution in [0.3, 0.4) is 0 Å². The van der Waals surface area contributed by atoms with Gasteiger partial charge in [0.2, 0.25) is 0 Å². The van der Waals surface area contributed by atoms with Gasteiger partial charge in [-0.25, -0.2) is 0 Å². The third-order valence-corrected chi connectivity index (χ3v) is 24.8. The van der Waals surface area contributed by atoms with Crippen molar-refractivity contribution in [1.29, 1.82) is 0 Å². The van der Waals surface area contributed by atoms with Crippen LogP contribution in [-0.2, 0) is 15.5 Å². The van der Waals surface area contributed by atoms with Crippen LogP contribution < -0.4 is 9.80 Å². The number of hydrogen-bond donors (Lipinski definition) is 0. The number of fused-ring (bicyclic) bond motifs is 10. The minimum atomic E-state index is -2.12. The summed E-state index contributed by atoms with van der Waals surface area (Å²) in [4.78, 5) is 4.87. The van der Waals surface area contributed by atoms with Crippen molar-refractivity contribution in [3.8, 4) is 11.1 Å². The zero-order chi connectivity index (χ0) is 47.3. The Morgan fingerprint density at radius 3 is 1.24 bits per heavy atom. The summed E-state index contributed by atoms with van der Waals surface area (Å²) in [7, 11) is -4.23. The van der Waals surface area contributed by atoms with E-state index >= 15 is 0 Å². The van der Waals surface area contributed by atoms with Crippen molar-refractivity contribution in [1.82, 2.24) is 0 Å². The molecule has 67 heavy (non-hydrogen) atoms. The highest BCUT2D eigenvalue weighted by Crippen LogP contribution is 2.63. The molecule has 0 spiro atoms. The zero-order valence-electron chi connectivity index (χ0n) is 41.7. The molecule has 2 nitrogen and oxygen atoms in total. The minimum Gasteiger partial charge on any atom is -0.310 e. The highest BCUT2D eigenvalue weighted by molar-refractivity contribution is 7.00. The minimum absolute atomic E-state index is 0.0736. The Bertz CT molecular complexity index is 3290. The van der Waals surface area contributed by atoms with Crippen molar-refractivity contribution < 1.29 is 0 Å². The first kappa shape index (κ1) is 44.6. The van der Waals surface area contributed by atoms with Gasteiger partial charge in [-0.2, -0.15) is 0 Å². The Kier molecular flexibility index (Phi) is 10.6. The molecule has 0 unspecified atom stereocenters. The Labute approximate surface area is 402 Å². The molecule has 336 valence electrons. The van der Waals surface area contributed by atoms with Crippen LogP contribution in [0.15, 0.2) is 182 Å². The number of nitrogens with zero attached hydrogens (tertiary/aromatic N) is 2. The molecular weight excluding hydrogens is 841 g/mol. The van der Waals surface area contributed by atoms with E-state index in [2.05, 4.69) is 273 Å². The second kappa shape index (κ2) is 16.0. The lowest BCUT2D eigenvalue weighted by Crippen LogP contribution is -2.63. The molecule has 1 aliphatic rings. The van der Waals surface area contributed by atoms with Gasteiger partial charge in [-0.15, -0.1) is 0 Å². The van der Waals surface area contributed by atoms with E-state index in [0.717, 1.165) is 22.7 Å². The van der Waals surface area contributed by atoms with Crippen LogP contribution in [0.2, 0.25) is 39.3 Å². The largest absolute Gasteiger partial charge is 0.310 e. The first-order valence-corrected chi connectivity index (χ1v) is 31.3. The molecule has 1 aliphatic carbocycles. The Hall–Kier alpha value is -6.21. The number of benzene rings is 9. The lowest BCUT2D eigenvalue weighted by atomic mass is 9.87. The van der Waals surface area contributed by atoms with E-state index in [-0.39, 0.29) is 15.5 Å². The van der Waals surface area contributed by atoms with E-state index in [1.54, 1.807) is 11.1 Å². The summed E-state index contributed by atoms with van der Waals surface area (Å²) in [6.45, 7) is 29.7. The third kappa shape index (κ3) is 7.27. The van der Waals surface area contributed by atoms with Gasteiger partial charge in [-0.1, -0.05) is 190 Å². The van der Waals surface area contributed by atoms with Gasteiger partial charge in [0.25, 0.3) is 0 Å². The van der Waals surface area contributed by atoms with Crippen molar-refractivity contribution in [2.75, 3.05) is 9.80 Å². The van der Waals surface area contributed by atoms with E-state index in [4.69, 9.17) is 0 Å². The van der Waals surface area contributed by atoms with E-state index in [1.807, 2.05) is 0 Å². The van der Waals surface area contributed by atoms with Crippen molar-refractivity contribution in [2.24, 2.45) is 0 Å². The van der Waals surface area contributed by atoms with E-state index in [1.165, 1.54) is 65.9 Å². The van der Waals surface area contributed by atoms with Crippen LogP contribution in [0.4, 0.5) is 34.1 Å². The van der Waals surface area contributed by atoms with Gasteiger partial charge in [-0.05, 0) is 149 Å². The maximum absolute atomic E-state index is 2.66. The molecule has 0 atom stereocenters. The van der Waals surface area contributed by atoms with Gasteiger partial charge in [0.1, 0.15) is 0 Å². The van der Waals surface area contributed by atoms with Crippen molar-refractivity contribution in [3.63, 3.8) is 0 Å². The van der Waals surface area contributed by atoms with Gasteiger partial charge in [0, 0.05) is 38.8 Å². The van der Waals surface area contributed by atoms with Gasteiger partial charge < -0.3 is 9.80 Å². The van der Waals surface area contributed by atoms with Crippen molar-refractivity contribution in [2.45, 2.75) is 96.3 Å². The van der Waals surface area contributed by atoms with Crippen LogP contribution in [0.5, 0.6) is 0 Å². The molecule has 0 aliphatic heterocycles. The van der Waals surface area contributed by atoms with Crippen LogP contribution in [0.25, 0.3) is 43.4 Å². The van der Waals surface area contributed by atoms with Crippen LogP contribution in [-0.4, -0.2) is 16.1 Å². The molecule has 0 amide bonds. The molecule has 0 radical (unpaired) electrons. The molecular formula is C63H66N2Si2. The molecule has 0 bridgehead atoms. The predicted molar refractivity (Wildman–Crippen MR) is 299 cm³/mol. The van der Waals surface area contributed by atoms with Crippen LogP contribution in [0.1, 0.15) is 63.8 Å². The average molecular weight is 907 g/mol. The number of hydrogen-bond acceptors (Lipinski definition) is 2. The number of rotatable bonds is 8. The van der Waals surface area contributed by atoms with Crippen LogP contribution in [0, 0.1) is 0 Å².